The zero-order valence-electron chi connectivity index (χ0n) is 18.8. The number of aliphatic hydroxyl groups excluding tert-OH is 1. The number of nitrogens with zero attached hydrogens (tertiary/aromatic N) is 2. The van der Waals surface area contributed by atoms with Gasteiger partial charge in [-0.25, -0.2) is 8.42 Å². The number of benzene rings is 1. The largest absolute Gasteiger partial charge is 0.437 e. The van der Waals surface area contributed by atoms with Gasteiger partial charge >= 0.3 is 0 Å². The minimum atomic E-state index is -3.59. The summed E-state index contributed by atoms with van der Waals surface area (Å²) in [6, 6.07) is 9.35. The Hall–Kier alpha value is -2.91. The third kappa shape index (κ3) is 4.94. The number of fused-ring (bicyclic) bond motifs is 1. The van der Waals surface area contributed by atoms with E-state index in [-0.39, 0.29) is 30.6 Å². The number of aryl methyl sites for hydroxylation is 2. The molecule has 3 aromatic rings. The van der Waals surface area contributed by atoms with Crippen molar-refractivity contribution in [1.29, 1.82) is 0 Å². The number of amides is 1. The first-order valence-electron chi connectivity index (χ1n) is 10.5. The monoisotopic (exact) mass is 459 g/mol. The van der Waals surface area contributed by atoms with Crippen LogP contribution in [0.4, 0.5) is 5.82 Å². The molecule has 0 spiro atoms. The minimum absolute atomic E-state index is 0.0680. The highest BCUT2D eigenvalue weighted by Crippen LogP contribution is 2.36. The number of anilines is 1. The Morgan fingerprint density at radius 1 is 1.16 bits per heavy atom. The van der Waals surface area contributed by atoms with Crippen LogP contribution in [0, 0.1) is 13.8 Å². The molecule has 1 amide bonds. The standard InChI is InChI=1S/C23H29N3O5S/c1-15-8-10-17(11-9-15)20-19(22(28)24-3)18-14-16(2)21(25-23(18)31-20)26(32(4,29)30)12-6-5-7-13-27/h8-11,14,27H,5-7,12-13H2,1-4H3,(H,24,28). The minimum Gasteiger partial charge on any atom is -0.437 e. The van der Waals surface area contributed by atoms with E-state index in [4.69, 9.17) is 9.52 Å². The molecule has 0 saturated carbocycles. The number of hydrogen-bond donors (Lipinski definition) is 2. The average Bonchev–Trinajstić information content (AvgIpc) is 3.10. The number of furan rings is 1. The second-order valence-electron chi connectivity index (χ2n) is 7.85. The van der Waals surface area contributed by atoms with Crippen LogP contribution in [0.3, 0.4) is 0 Å². The maximum absolute atomic E-state index is 12.7. The Balaban J connectivity index is 2.15. The van der Waals surface area contributed by atoms with E-state index in [1.807, 2.05) is 31.2 Å². The number of unbranched alkanes of at least 4 members (excludes halogenated alkanes) is 2. The smallest absolute Gasteiger partial charge is 0.255 e. The first kappa shape index (κ1) is 23.7. The highest BCUT2D eigenvalue weighted by molar-refractivity contribution is 7.92. The van der Waals surface area contributed by atoms with Crippen LogP contribution in [0.2, 0.25) is 0 Å². The molecule has 32 heavy (non-hydrogen) atoms. The maximum atomic E-state index is 12.7. The van der Waals surface area contributed by atoms with Crippen molar-refractivity contribution in [2.45, 2.75) is 33.1 Å². The molecule has 1 aromatic carbocycles. The third-order valence-corrected chi connectivity index (χ3v) is 6.43. The van der Waals surface area contributed by atoms with E-state index in [0.29, 0.717) is 41.5 Å². The molecule has 0 atom stereocenters. The lowest BCUT2D eigenvalue weighted by Gasteiger charge is -2.22. The van der Waals surface area contributed by atoms with E-state index >= 15 is 0 Å². The van der Waals surface area contributed by atoms with Crippen molar-refractivity contribution in [3.63, 3.8) is 0 Å². The van der Waals surface area contributed by atoms with E-state index in [9.17, 15) is 13.2 Å². The van der Waals surface area contributed by atoms with E-state index in [1.165, 1.54) is 4.31 Å². The van der Waals surface area contributed by atoms with Crippen molar-refractivity contribution in [3.05, 3.63) is 47.0 Å². The number of nitrogens with one attached hydrogen (secondary N) is 1. The number of pyridine rings is 1. The van der Waals surface area contributed by atoms with Gasteiger partial charge in [-0.2, -0.15) is 4.98 Å². The van der Waals surface area contributed by atoms with Crippen molar-refractivity contribution in [3.8, 4) is 11.3 Å². The molecule has 8 nitrogen and oxygen atoms in total. The van der Waals surface area contributed by atoms with Gasteiger partial charge in [-0.05, 0) is 44.7 Å². The molecule has 0 aliphatic rings. The first-order valence-corrected chi connectivity index (χ1v) is 12.3. The zero-order valence-corrected chi connectivity index (χ0v) is 19.6. The van der Waals surface area contributed by atoms with Crippen molar-refractivity contribution < 1.29 is 22.7 Å². The van der Waals surface area contributed by atoms with Gasteiger partial charge in [0.05, 0.1) is 17.2 Å². The number of aromatic nitrogens is 1. The highest BCUT2D eigenvalue weighted by atomic mass is 32.2. The van der Waals surface area contributed by atoms with Crippen LogP contribution < -0.4 is 9.62 Å². The summed E-state index contributed by atoms with van der Waals surface area (Å²) in [5, 5.41) is 12.2. The van der Waals surface area contributed by atoms with Gasteiger partial charge in [0.15, 0.2) is 0 Å². The molecule has 2 aromatic heterocycles. The highest BCUT2D eigenvalue weighted by Gasteiger charge is 2.26. The molecule has 3 rings (SSSR count). The lowest BCUT2D eigenvalue weighted by molar-refractivity contribution is 0.0964. The molecule has 0 saturated heterocycles. The summed E-state index contributed by atoms with van der Waals surface area (Å²) in [6.45, 7) is 4.05. The summed E-state index contributed by atoms with van der Waals surface area (Å²) in [4.78, 5) is 17.2. The Morgan fingerprint density at radius 2 is 1.84 bits per heavy atom. The molecule has 0 unspecified atom stereocenters. The fourth-order valence-electron chi connectivity index (χ4n) is 3.60. The summed E-state index contributed by atoms with van der Waals surface area (Å²) < 4.78 is 32.3. The SMILES string of the molecule is CNC(=O)c1c(-c2ccc(C)cc2)oc2nc(N(CCCCCO)S(C)(=O)=O)c(C)cc12. The lowest BCUT2D eigenvalue weighted by atomic mass is 10.0. The van der Waals surface area contributed by atoms with Gasteiger partial charge < -0.3 is 14.8 Å². The predicted octanol–water partition coefficient (Wildman–Crippen LogP) is 3.40. The van der Waals surface area contributed by atoms with Crippen molar-refractivity contribution in [2.24, 2.45) is 0 Å². The van der Waals surface area contributed by atoms with Gasteiger partial charge in [-0.1, -0.05) is 29.8 Å². The van der Waals surface area contributed by atoms with Crippen LogP contribution in [0.5, 0.6) is 0 Å². The Kier molecular flexibility index (Phi) is 7.20. The molecular weight excluding hydrogens is 430 g/mol. The van der Waals surface area contributed by atoms with Crippen LogP contribution in [0.1, 0.15) is 40.7 Å². The van der Waals surface area contributed by atoms with Gasteiger partial charge in [0.2, 0.25) is 15.7 Å². The van der Waals surface area contributed by atoms with E-state index in [2.05, 4.69) is 10.3 Å². The van der Waals surface area contributed by atoms with Crippen LogP contribution in [0.15, 0.2) is 34.7 Å². The summed E-state index contributed by atoms with van der Waals surface area (Å²) in [6.07, 6.45) is 3.03. The second-order valence-corrected chi connectivity index (χ2v) is 9.76. The molecule has 2 N–H and O–H groups in total. The molecule has 0 fully saturated rings. The normalized spacial score (nSPS) is 11.7. The lowest BCUT2D eigenvalue weighted by Crippen LogP contribution is -2.32. The van der Waals surface area contributed by atoms with Gasteiger partial charge in [-0.3, -0.25) is 9.10 Å². The molecule has 0 aliphatic carbocycles. The zero-order chi connectivity index (χ0) is 23.5. The second kappa shape index (κ2) is 9.70. The number of aliphatic hydroxyl groups is 1. The van der Waals surface area contributed by atoms with Crippen LogP contribution in [0.25, 0.3) is 22.4 Å². The summed E-state index contributed by atoms with van der Waals surface area (Å²) in [7, 11) is -2.04. The predicted molar refractivity (Wildman–Crippen MR) is 125 cm³/mol. The van der Waals surface area contributed by atoms with E-state index < -0.39 is 10.0 Å². The van der Waals surface area contributed by atoms with E-state index in [0.717, 1.165) is 17.4 Å². The van der Waals surface area contributed by atoms with Gasteiger partial charge in [0.25, 0.3) is 5.91 Å². The summed E-state index contributed by atoms with van der Waals surface area (Å²) in [5.74, 6) is 0.353. The van der Waals surface area contributed by atoms with Gasteiger partial charge in [-0.15, -0.1) is 0 Å². The fraction of sp³-hybridized carbons (Fsp3) is 0.391. The Labute approximate surface area is 188 Å². The molecule has 0 aliphatic heterocycles. The van der Waals surface area contributed by atoms with Crippen molar-refractivity contribution in [2.75, 3.05) is 30.8 Å². The molecule has 2 heterocycles. The fourth-order valence-corrected chi connectivity index (χ4v) is 4.56. The molecule has 0 radical (unpaired) electrons. The van der Waals surface area contributed by atoms with Gasteiger partial charge in [0.1, 0.15) is 11.6 Å². The number of hydrogen-bond acceptors (Lipinski definition) is 6. The Bertz CT molecular complexity index is 1220. The number of carbonyl (C=O) groups excluding carboxylic acids is 1. The van der Waals surface area contributed by atoms with E-state index in [1.54, 1.807) is 20.0 Å². The van der Waals surface area contributed by atoms with Crippen molar-refractivity contribution >= 4 is 32.8 Å². The Morgan fingerprint density at radius 3 is 2.44 bits per heavy atom. The number of carbonyl (C=O) groups is 1. The molecule has 9 heteroatoms. The van der Waals surface area contributed by atoms with Crippen LogP contribution >= 0.6 is 0 Å². The maximum Gasteiger partial charge on any atom is 0.255 e. The number of rotatable bonds is 9. The topological polar surface area (TPSA) is 113 Å². The molecular formula is C23H29N3O5S. The van der Waals surface area contributed by atoms with Crippen LogP contribution in [-0.2, 0) is 10.0 Å². The van der Waals surface area contributed by atoms with Gasteiger partial charge in [0, 0.05) is 25.8 Å². The van der Waals surface area contributed by atoms with Crippen molar-refractivity contribution in [1.82, 2.24) is 10.3 Å². The summed E-state index contributed by atoms with van der Waals surface area (Å²) >= 11 is 0. The third-order valence-electron chi connectivity index (χ3n) is 5.27. The first-order chi connectivity index (χ1) is 15.2. The number of sulfonamides is 1. The molecule has 0 bridgehead atoms. The molecule has 172 valence electrons. The summed E-state index contributed by atoms with van der Waals surface area (Å²) in [5.41, 5.74) is 2.99. The average molecular weight is 460 g/mol. The van der Waals surface area contributed by atoms with Crippen LogP contribution in [-0.4, -0.2) is 50.9 Å². The quantitative estimate of drug-likeness (QED) is 0.474.